The van der Waals surface area contributed by atoms with Gasteiger partial charge in [0, 0.05) is 125 Å². The van der Waals surface area contributed by atoms with E-state index in [9.17, 15) is 48.2 Å². The number of fused-ring (bicyclic) bond motifs is 2. The molecule has 3 aromatic heterocycles. The van der Waals surface area contributed by atoms with Crippen LogP contribution in [0.2, 0.25) is 0 Å². The Morgan fingerprint density at radius 3 is 2.28 bits per heavy atom. The Labute approximate surface area is 573 Å². The molecule has 4 saturated heterocycles. The summed E-state index contributed by atoms with van der Waals surface area (Å²) in [6.45, 7) is 8.94. The Kier molecular flexibility index (Phi) is 23.8. The van der Waals surface area contributed by atoms with E-state index in [0.717, 1.165) is 67.8 Å². The zero-order valence-corrected chi connectivity index (χ0v) is 57.4. The van der Waals surface area contributed by atoms with E-state index in [2.05, 4.69) is 56.1 Å². The highest BCUT2D eigenvalue weighted by molar-refractivity contribution is 7.61. The number of rotatable bonds is 33. The highest BCUT2D eigenvalue weighted by Crippen LogP contribution is 2.60. The standard InChI is InChI=1S/C67H85N13O17P2/c1-43(2)64(67(85)78-28-9-11-55(78)66(84)72-44(3)46-16-14-45(39-68)15-17-46)58-38-61(75-96-58)90-33-31-76-29-23-50(24-30-76)94-51-35-52(36-51)95-60-34-47(22-25-71-60)80-48-18-19-49(80)41-77(40-48)56-37-54(73-74-65(56)69)53-10-6-7-12-57(53)91-42-93-99(88,89)97-98(86,87)92-32-26-70-59(81)13-5-4-8-27-79-62(82)20-21-63(79)83/h6-7,10,12,14-17,20-22,25,34,37-38,43-44,48-52,55,64H,4-5,8-9,11,13,18-19,23-24,26-33,35-36,40-42H2,1-3H3,(H2,69,74)(H,70,81)(H,72,84)(H,86,87)(H,88,89)/t44-,48?,49?,51-,52-,55-,64?/m0/s1. The minimum absolute atomic E-state index is 0.0184. The first-order valence-corrected chi connectivity index (χ1v) is 36.7. The minimum atomic E-state index is -5.24. The maximum atomic E-state index is 14.1. The summed E-state index contributed by atoms with van der Waals surface area (Å²) in [6, 6.07) is 22.8. The largest absolute Gasteiger partial charge is 0.484 e. The number of carbonyl (C=O) groups excluding carboxylic acids is 5. The summed E-state index contributed by atoms with van der Waals surface area (Å²) >= 11 is 0. The van der Waals surface area contributed by atoms with Gasteiger partial charge in [-0.2, -0.15) is 9.57 Å². The number of unbranched alkanes of at least 4 members (excludes halogenated alkanes) is 2. The number of aromatic nitrogens is 4. The van der Waals surface area contributed by atoms with Crippen molar-refractivity contribution in [3.05, 3.63) is 108 Å². The molecule has 11 rings (SSSR count). The Hall–Kier alpha value is -8.36. The van der Waals surface area contributed by atoms with Crippen molar-refractivity contribution in [1.29, 1.82) is 5.26 Å². The SMILES string of the molecule is CC(C)C(C(=O)N1CCC[C@H]1C(=O)N[C@@H](C)c1ccc(C#N)cc1)c1cc(OCCN2CCC(O[C@H]3C[C@H](Oc4cc(N5C6CCC5CN(c5cc(-c7ccccc7OCOP(=O)(O)OP(=O)(O)OCCNC(=O)CCCCCN7C(=O)C=CC7=O)nnc5N)C6)ccn4)C3)CC2)no1. The van der Waals surface area contributed by atoms with Crippen molar-refractivity contribution in [2.75, 3.05) is 87.9 Å². The number of nitrogen functional groups attached to an aromatic ring is 1. The second-order valence-corrected chi connectivity index (χ2v) is 29.0. The zero-order valence-electron chi connectivity index (χ0n) is 55.6. The van der Waals surface area contributed by atoms with Gasteiger partial charge in [-0.1, -0.05) is 44.5 Å². The van der Waals surface area contributed by atoms with Gasteiger partial charge in [0.1, 0.15) is 30.4 Å². The number of benzene rings is 2. The number of nitrogens with two attached hydrogens (primary N) is 1. The number of phosphoric acid groups is 2. The smallest absolute Gasteiger partial charge is 0.474 e. The van der Waals surface area contributed by atoms with Crippen LogP contribution in [0.25, 0.3) is 11.3 Å². The third-order valence-electron chi connectivity index (χ3n) is 18.7. The van der Waals surface area contributed by atoms with Gasteiger partial charge in [0.2, 0.25) is 23.6 Å². The number of amides is 5. The van der Waals surface area contributed by atoms with E-state index in [-0.39, 0.29) is 103 Å². The van der Waals surface area contributed by atoms with Gasteiger partial charge < -0.3 is 64.3 Å². The molecule has 530 valence electrons. The number of piperidine rings is 1. The Morgan fingerprint density at radius 2 is 1.55 bits per heavy atom. The number of nitriles is 1. The Morgan fingerprint density at radius 1 is 0.808 bits per heavy atom. The summed E-state index contributed by atoms with van der Waals surface area (Å²) in [4.78, 5) is 98.1. The summed E-state index contributed by atoms with van der Waals surface area (Å²) in [7, 11) is -10.4. The van der Waals surface area contributed by atoms with Crippen LogP contribution in [-0.4, -0.2) is 183 Å². The topological polar surface area (TPSA) is 379 Å². The predicted octanol–water partition coefficient (Wildman–Crippen LogP) is 7.10. The number of carbonyl (C=O) groups is 5. The summed E-state index contributed by atoms with van der Waals surface area (Å²) in [5.74, 6) is -0.600. The lowest BCUT2D eigenvalue weighted by Gasteiger charge is -2.43. The van der Waals surface area contributed by atoms with Crippen molar-refractivity contribution < 1.29 is 79.7 Å². The number of pyridine rings is 1. The van der Waals surface area contributed by atoms with E-state index in [0.29, 0.717) is 105 Å². The van der Waals surface area contributed by atoms with Gasteiger partial charge in [0.25, 0.3) is 17.7 Å². The Balaban J connectivity index is 0.573. The molecule has 5 aromatic rings. The first-order valence-electron chi connectivity index (χ1n) is 33.7. The first-order chi connectivity index (χ1) is 47.7. The van der Waals surface area contributed by atoms with Crippen molar-refractivity contribution in [2.45, 2.75) is 146 Å². The van der Waals surface area contributed by atoms with Crippen LogP contribution in [0.5, 0.6) is 17.5 Å². The van der Waals surface area contributed by atoms with E-state index in [1.165, 1.54) is 12.2 Å². The van der Waals surface area contributed by atoms with E-state index in [1.807, 2.05) is 51.1 Å². The van der Waals surface area contributed by atoms with Gasteiger partial charge in [-0.15, -0.1) is 10.2 Å². The fraction of sp³-hybridized carbons (Fsp3) is 0.522. The highest BCUT2D eigenvalue weighted by atomic mass is 31.3. The number of hydrogen-bond donors (Lipinski definition) is 5. The van der Waals surface area contributed by atoms with Crippen molar-refractivity contribution in [3.8, 4) is 34.8 Å². The van der Waals surface area contributed by atoms with Gasteiger partial charge in [-0.3, -0.25) is 38.3 Å². The number of para-hydroxylation sites is 1. The van der Waals surface area contributed by atoms with Crippen molar-refractivity contribution in [2.24, 2.45) is 5.92 Å². The summed E-state index contributed by atoms with van der Waals surface area (Å²) < 4.78 is 69.9. The number of nitrogens with one attached hydrogen (secondary N) is 2. The molecule has 5 fully saturated rings. The fourth-order valence-corrected chi connectivity index (χ4v) is 15.5. The molecule has 6 N–H and O–H groups in total. The monoisotopic (exact) mass is 1410 g/mol. The molecule has 6 aliphatic rings. The van der Waals surface area contributed by atoms with E-state index >= 15 is 0 Å². The molecule has 2 bridgehead atoms. The van der Waals surface area contributed by atoms with Crippen LogP contribution in [-0.2, 0) is 51.2 Å². The molecule has 30 nitrogen and oxygen atoms in total. The average molecular weight is 1410 g/mol. The summed E-state index contributed by atoms with van der Waals surface area (Å²) in [6.07, 6.45) is 12.6. The molecule has 8 heterocycles. The van der Waals surface area contributed by atoms with E-state index < -0.39 is 41.0 Å². The van der Waals surface area contributed by atoms with Gasteiger partial charge >= 0.3 is 15.6 Å². The molecule has 1 aliphatic carbocycles. The third-order valence-corrected chi connectivity index (χ3v) is 21.3. The van der Waals surface area contributed by atoms with Gasteiger partial charge in [-0.25, -0.2) is 18.6 Å². The number of anilines is 3. The van der Waals surface area contributed by atoms with Crippen LogP contribution in [0.1, 0.15) is 127 Å². The number of imide groups is 1. The quantitative estimate of drug-likeness (QED) is 0.0121. The molecule has 1 saturated carbocycles. The van der Waals surface area contributed by atoms with Gasteiger partial charge in [0.05, 0.1) is 47.9 Å². The number of piperazine rings is 1. The van der Waals surface area contributed by atoms with Crippen LogP contribution < -0.4 is 40.4 Å². The number of nitrogens with zero attached hydrogens (tertiary/aromatic N) is 10. The molecular weight excluding hydrogens is 1320 g/mol. The van der Waals surface area contributed by atoms with E-state index in [4.69, 9.17) is 38.3 Å². The molecule has 2 aromatic carbocycles. The van der Waals surface area contributed by atoms with Crippen LogP contribution in [0.4, 0.5) is 17.2 Å². The molecule has 99 heavy (non-hydrogen) atoms. The number of hydrogen-bond acceptors (Lipinski definition) is 24. The third kappa shape index (κ3) is 18.7. The highest BCUT2D eigenvalue weighted by Gasteiger charge is 2.44. The first kappa shape index (κ1) is 71.9. The summed E-state index contributed by atoms with van der Waals surface area (Å²) in [5.41, 5.74) is 10.5. The molecule has 5 amide bonds. The second-order valence-electron chi connectivity index (χ2n) is 25.9. The van der Waals surface area contributed by atoms with Crippen LogP contribution >= 0.6 is 15.6 Å². The number of phosphoric ester groups is 2. The van der Waals surface area contributed by atoms with Crippen LogP contribution in [0.15, 0.2) is 95.7 Å². The van der Waals surface area contributed by atoms with Crippen molar-refractivity contribution in [3.63, 3.8) is 0 Å². The lowest BCUT2D eigenvalue weighted by atomic mass is 9.91. The summed E-state index contributed by atoms with van der Waals surface area (Å²) in [5, 5.41) is 27.6. The van der Waals surface area contributed by atoms with Crippen molar-refractivity contribution in [1.82, 2.24) is 45.7 Å². The predicted molar refractivity (Wildman–Crippen MR) is 358 cm³/mol. The van der Waals surface area contributed by atoms with Crippen LogP contribution in [0.3, 0.4) is 0 Å². The normalized spacial score (nSPS) is 22.0. The second kappa shape index (κ2) is 32.8. The number of likely N-dealkylation sites (tertiary alicyclic amines) is 2. The van der Waals surface area contributed by atoms with Crippen LogP contribution in [0, 0.1) is 17.2 Å². The average Bonchev–Trinajstić information content (AvgIpc) is 1.71. The molecule has 5 aliphatic heterocycles. The molecule has 0 radical (unpaired) electrons. The van der Waals surface area contributed by atoms with Gasteiger partial charge in [-0.05, 0) is 111 Å². The zero-order chi connectivity index (χ0) is 69.8. The minimum Gasteiger partial charge on any atom is -0.474 e. The molecule has 7 atom stereocenters. The Bertz CT molecular complexity index is 3810. The maximum absolute atomic E-state index is 14.1. The maximum Gasteiger partial charge on any atom is 0.484 e. The van der Waals surface area contributed by atoms with Gasteiger partial charge in [0.15, 0.2) is 18.4 Å². The molecular formula is C67H85N13O17P2. The molecule has 0 spiro atoms. The molecule has 32 heteroatoms. The number of ether oxygens (including phenoxy) is 4. The lowest BCUT2D eigenvalue weighted by molar-refractivity contribution is -0.141. The lowest BCUT2D eigenvalue weighted by Crippen LogP contribution is -2.54. The molecule has 5 unspecified atom stereocenters. The van der Waals surface area contributed by atoms with E-state index in [1.54, 1.807) is 53.6 Å². The fourth-order valence-electron chi connectivity index (χ4n) is 13.5. The van der Waals surface area contributed by atoms with Crippen molar-refractivity contribution >= 4 is 62.4 Å².